The van der Waals surface area contributed by atoms with Gasteiger partial charge in [-0.15, -0.1) is 0 Å². The molecule has 1 aromatic carbocycles. The first-order valence-electron chi connectivity index (χ1n) is 8.65. The van der Waals surface area contributed by atoms with E-state index in [0.29, 0.717) is 25.9 Å². The number of hydrogen-bond donors (Lipinski definition) is 1. The molecule has 2 saturated heterocycles. The Bertz CT molecular complexity index is 997. The number of primary sulfonamides is 1. The van der Waals surface area contributed by atoms with E-state index < -0.39 is 35.3 Å². The first kappa shape index (κ1) is 20.7. The summed E-state index contributed by atoms with van der Waals surface area (Å²) in [5.74, 6) is 0. The van der Waals surface area contributed by atoms with Crippen LogP contribution in [0.1, 0.15) is 25.7 Å². The van der Waals surface area contributed by atoms with E-state index in [2.05, 4.69) is 0 Å². The monoisotopic (exact) mass is 437 g/mol. The maximum atomic E-state index is 12.8. The first-order chi connectivity index (χ1) is 12.5. The second kappa shape index (κ2) is 7.41. The SMILES string of the molecule is NS(=O)(=O)[C@@H]1CCCN(S(=O)(=O)c2ccc(S(=O)(=O)N3CCCC3)cc2)C1. The van der Waals surface area contributed by atoms with E-state index in [1.807, 2.05) is 0 Å². The lowest BCUT2D eigenvalue weighted by Crippen LogP contribution is -2.46. The van der Waals surface area contributed by atoms with E-state index >= 15 is 0 Å². The maximum absolute atomic E-state index is 12.8. The third kappa shape index (κ3) is 4.20. The van der Waals surface area contributed by atoms with Crippen LogP contribution in [-0.4, -0.2) is 65.3 Å². The molecule has 2 aliphatic rings. The Balaban J connectivity index is 1.83. The van der Waals surface area contributed by atoms with Gasteiger partial charge in [-0.05, 0) is 49.9 Å². The second-order valence-corrected chi connectivity index (χ2v) is 12.5. The molecule has 0 spiro atoms. The van der Waals surface area contributed by atoms with Gasteiger partial charge in [0.1, 0.15) is 0 Å². The van der Waals surface area contributed by atoms with E-state index in [4.69, 9.17) is 5.14 Å². The van der Waals surface area contributed by atoms with Gasteiger partial charge in [0, 0.05) is 26.2 Å². The third-order valence-electron chi connectivity index (χ3n) is 4.97. The van der Waals surface area contributed by atoms with Gasteiger partial charge < -0.3 is 0 Å². The lowest BCUT2D eigenvalue weighted by molar-refractivity contribution is 0.346. The quantitative estimate of drug-likeness (QED) is 0.684. The highest BCUT2D eigenvalue weighted by molar-refractivity contribution is 7.90. The zero-order chi connectivity index (χ0) is 19.9. The van der Waals surface area contributed by atoms with Gasteiger partial charge in [0.25, 0.3) is 0 Å². The van der Waals surface area contributed by atoms with Crippen LogP contribution in [0, 0.1) is 0 Å². The van der Waals surface area contributed by atoms with Crippen molar-refractivity contribution in [3.63, 3.8) is 0 Å². The van der Waals surface area contributed by atoms with E-state index in [1.165, 1.54) is 28.6 Å². The molecule has 9 nitrogen and oxygen atoms in total. The molecular formula is C15H23N3O6S3. The number of benzene rings is 1. The van der Waals surface area contributed by atoms with Gasteiger partial charge in [0.05, 0.1) is 15.0 Å². The van der Waals surface area contributed by atoms with Crippen molar-refractivity contribution in [1.29, 1.82) is 0 Å². The average Bonchev–Trinajstić information content (AvgIpc) is 3.17. The van der Waals surface area contributed by atoms with Crippen LogP contribution in [0.4, 0.5) is 0 Å². The number of rotatable bonds is 5. The fourth-order valence-corrected chi connectivity index (χ4v) is 7.42. The number of nitrogens with two attached hydrogens (primary N) is 1. The molecule has 0 bridgehead atoms. The molecule has 2 N–H and O–H groups in total. The molecule has 0 aromatic heterocycles. The number of sulfonamides is 3. The molecule has 2 heterocycles. The second-order valence-electron chi connectivity index (χ2n) is 6.80. The predicted molar refractivity (Wildman–Crippen MR) is 99.3 cm³/mol. The van der Waals surface area contributed by atoms with Gasteiger partial charge in [-0.3, -0.25) is 0 Å². The molecule has 3 rings (SSSR count). The number of piperidine rings is 1. The Labute approximate surface area is 160 Å². The van der Waals surface area contributed by atoms with Crippen LogP contribution in [0.15, 0.2) is 34.1 Å². The highest BCUT2D eigenvalue weighted by atomic mass is 32.2. The Morgan fingerprint density at radius 2 is 1.19 bits per heavy atom. The summed E-state index contributed by atoms with van der Waals surface area (Å²) >= 11 is 0. The highest BCUT2D eigenvalue weighted by Crippen LogP contribution is 2.26. The highest BCUT2D eigenvalue weighted by Gasteiger charge is 2.35. The number of nitrogens with zero attached hydrogens (tertiary/aromatic N) is 2. The lowest BCUT2D eigenvalue weighted by Gasteiger charge is -2.30. The summed E-state index contributed by atoms with van der Waals surface area (Å²) in [5, 5.41) is 4.23. The van der Waals surface area contributed by atoms with Crippen LogP contribution < -0.4 is 5.14 Å². The molecule has 12 heteroatoms. The van der Waals surface area contributed by atoms with E-state index in [0.717, 1.165) is 17.1 Å². The van der Waals surface area contributed by atoms with E-state index in [-0.39, 0.29) is 22.9 Å². The molecule has 2 fully saturated rings. The molecule has 1 atom stereocenters. The lowest BCUT2D eigenvalue weighted by atomic mass is 10.2. The summed E-state index contributed by atoms with van der Waals surface area (Å²) in [6.07, 6.45) is 2.33. The molecule has 0 aliphatic carbocycles. The van der Waals surface area contributed by atoms with Gasteiger partial charge in [-0.2, -0.15) is 8.61 Å². The molecule has 0 amide bonds. The largest absolute Gasteiger partial charge is 0.243 e. The van der Waals surface area contributed by atoms with E-state index in [9.17, 15) is 25.3 Å². The van der Waals surface area contributed by atoms with Crippen molar-refractivity contribution in [3.8, 4) is 0 Å². The van der Waals surface area contributed by atoms with Crippen molar-refractivity contribution in [2.45, 2.75) is 40.7 Å². The molecule has 2 aliphatic heterocycles. The van der Waals surface area contributed by atoms with Gasteiger partial charge in [-0.25, -0.2) is 30.4 Å². The summed E-state index contributed by atoms with van der Waals surface area (Å²) in [5.41, 5.74) is 0. The van der Waals surface area contributed by atoms with Crippen LogP contribution in [0.5, 0.6) is 0 Å². The normalized spacial score (nSPS) is 23.5. The van der Waals surface area contributed by atoms with Crippen molar-refractivity contribution in [3.05, 3.63) is 24.3 Å². The van der Waals surface area contributed by atoms with Gasteiger partial charge in [0.2, 0.25) is 30.1 Å². The summed E-state index contributed by atoms with van der Waals surface area (Å²) in [7, 11) is -11.4. The molecule has 0 radical (unpaired) electrons. The van der Waals surface area contributed by atoms with Gasteiger partial charge >= 0.3 is 0 Å². The molecule has 0 saturated carbocycles. The molecular weight excluding hydrogens is 414 g/mol. The molecule has 152 valence electrons. The van der Waals surface area contributed by atoms with Crippen molar-refractivity contribution in [2.75, 3.05) is 26.2 Å². The average molecular weight is 438 g/mol. The van der Waals surface area contributed by atoms with Crippen LogP contribution in [0.2, 0.25) is 0 Å². The van der Waals surface area contributed by atoms with Gasteiger partial charge in [0.15, 0.2) is 0 Å². The molecule has 0 unspecified atom stereocenters. The fraction of sp³-hybridized carbons (Fsp3) is 0.600. The summed E-state index contributed by atoms with van der Waals surface area (Å²) < 4.78 is 76.3. The minimum absolute atomic E-state index is 0.0457. The Kier molecular flexibility index (Phi) is 5.67. The summed E-state index contributed by atoms with van der Waals surface area (Å²) in [4.78, 5) is -0.0256. The van der Waals surface area contributed by atoms with Crippen molar-refractivity contribution >= 4 is 30.1 Å². The summed E-state index contributed by atoms with van der Waals surface area (Å²) in [6, 6.07) is 5.06. The van der Waals surface area contributed by atoms with Crippen LogP contribution in [0.3, 0.4) is 0 Å². The number of hydrogen-bond acceptors (Lipinski definition) is 6. The van der Waals surface area contributed by atoms with Crippen molar-refractivity contribution in [1.82, 2.24) is 8.61 Å². The molecule has 1 aromatic rings. The summed E-state index contributed by atoms with van der Waals surface area (Å²) in [6.45, 7) is 0.924. The van der Waals surface area contributed by atoms with Crippen molar-refractivity contribution in [2.24, 2.45) is 5.14 Å². The Morgan fingerprint density at radius 3 is 1.67 bits per heavy atom. The smallest absolute Gasteiger partial charge is 0.228 e. The Hall–Kier alpha value is -1.05. The van der Waals surface area contributed by atoms with Crippen molar-refractivity contribution < 1.29 is 25.3 Å². The van der Waals surface area contributed by atoms with Gasteiger partial charge in [-0.1, -0.05) is 0 Å². The fourth-order valence-electron chi connectivity index (χ4n) is 3.40. The van der Waals surface area contributed by atoms with Crippen LogP contribution >= 0.6 is 0 Å². The predicted octanol–water partition coefficient (Wildman–Crippen LogP) is -0.0873. The Morgan fingerprint density at radius 1 is 0.741 bits per heavy atom. The standard InChI is InChI=1S/C15H23N3O6S3/c16-25(19,20)15-4-3-11-18(12-15)27(23,24)14-7-5-13(6-8-14)26(21,22)17-9-1-2-10-17/h5-8,15H,1-4,9-12H2,(H2,16,19,20)/t15-/m1/s1. The third-order valence-corrected chi connectivity index (χ3v) is 10.1. The minimum atomic E-state index is -3.93. The zero-order valence-corrected chi connectivity index (χ0v) is 17.1. The van der Waals surface area contributed by atoms with Crippen LogP contribution in [-0.2, 0) is 30.1 Å². The zero-order valence-electron chi connectivity index (χ0n) is 14.7. The first-order valence-corrected chi connectivity index (χ1v) is 13.1. The van der Waals surface area contributed by atoms with Crippen LogP contribution in [0.25, 0.3) is 0 Å². The topological polar surface area (TPSA) is 135 Å². The minimum Gasteiger partial charge on any atom is -0.228 e. The maximum Gasteiger partial charge on any atom is 0.243 e. The molecule has 27 heavy (non-hydrogen) atoms. The van der Waals surface area contributed by atoms with E-state index in [1.54, 1.807) is 0 Å².